The SMILES string of the molecule is c1ccc2cc(-c3nc(-c4ccc(-n5c6cccc7c6c6c8c(ccc9oc%10cccc-7c%10c98)ccc65)cc4)nc(-c4cccc5ccccc45)n3)ccc2c1. The van der Waals surface area contributed by atoms with Crippen LogP contribution < -0.4 is 0 Å². The fourth-order valence-electron chi connectivity index (χ4n) is 9.26. The first-order chi connectivity index (χ1) is 27.7. The van der Waals surface area contributed by atoms with E-state index < -0.39 is 0 Å². The Morgan fingerprint density at radius 2 is 0.982 bits per heavy atom. The molecule has 0 radical (unpaired) electrons. The molecule has 0 spiro atoms. The molecule has 1 aliphatic carbocycles. The molecule has 1 aliphatic rings. The second-order valence-corrected chi connectivity index (χ2v) is 14.8. The first-order valence-electron chi connectivity index (χ1n) is 18.9. The largest absolute Gasteiger partial charge is 0.456 e. The van der Waals surface area contributed by atoms with Crippen molar-refractivity contribution in [3.05, 3.63) is 170 Å². The molecule has 258 valence electrons. The van der Waals surface area contributed by atoms with E-state index in [2.05, 4.69) is 174 Å². The molecule has 0 saturated carbocycles. The maximum Gasteiger partial charge on any atom is 0.164 e. The Bertz CT molecular complexity index is 3640. The Labute approximate surface area is 319 Å². The predicted octanol–water partition coefficient (Wildman–Crippen LogP) is 13.3. The maximum atomic E-state index is 6.45. The van der Waals surface area contributed by atoms with E-state index in [0.29, 0.717) is 17.5 Å². The van der Waals surface area contributed by atoms with Gasteiger partial charge in [0.1, 0.15) is 11.2 Å². The van der Waals surface area contributed by atoms with Crippen molar-refractivity contribution in [1.29, 1.82) is 0 Å². The lowest BCUT2D eigenvalue weighted by Gasteiger charge is -2.12. The molecule has 0 aliphatic heterocycles. The summed E-state index contributed by atoms with van der Waals surface area (Å²) in [6.45, 7) is 0. The lowest BCUT2D eigenvalue weighted by Crippen LogP contribution is -2.01. The minimum absolute atomic E-state index is 0.630. The van der Waals surface area contributed by atoms with Gasteiger partial charge in [-0.1, -0.05) is 115 Å². The smallest absolute Gasteiger partial charge is 0.164 e. The Hall–Kier alpha value is -7.63. The van der Waals surface area contributed by atoms with Crippen LogP contribution in [0.15, 0.2) is 174 Å². The zero-order chi connectivity index (χ0) is 36.5. The van der Waals surface area contributed by atoms with E-state index >= 15 is 0 Å². The van der Waals surface area contributed by atoms with E-state index in [1.165, 1.54) is 59.9 Å². The molecule has 9 aromatic carbocycles. The highest BCUT2D eigenvalue weighted by Gasteiger charge is 2.26. The number of rotatable bonds is 4. The van der Waals surface area contributed by atoms with Crippen LogP contribution in [0.4, 0.5) is 0 Å². The molecule has 3 heterocycles. The van der Waals surface area contributed by atoms with Gasteiger partial charge in [0, 0.05) is 49.3 Å². The topological polar surface area (TPSA) is 56.7 Å². The van der Waals surface area contributed by atoms with Crippen molar-refractivity contribution in [2.75, 3.05) is 0 Å². The van der Waals surface area contributed by atoms with Crippen molar-refractivity contribution in [3.63, 3.8) is 0 Å². The zero-order valence-corrected chi connectivity index (χ0v) is 29.9. The Kier molecular flexibility index (Phi) is 5.83. The molecule has 0 fully saturated rings. The highest BCUT2D eigenvalue weighted by molar-refractivity contribution is 6.37. The normalized spacial score (nSPS) is 12.3. The quantitative estimate of drug-likeness (QED) is 0.182. The summed E-state index contributed by atoms with van der Waals surface area (Å²) >= 11 is 0. The molecule has 0 N–H and O–H groups in total. The monoisotopic (exact) mass is 712 g/mol. The Morgan fingerprint density at radius 3 is 1.88 bits per heavy atom. The summed E-state index contributed by atoms with van der Waals surface area (Å²) in [5, 5.41) is 12.0. The fraction of sp³-hybridized carbons (Fsp3) is 0. The predicted molar refractivity (Wildman–Crippen MR) is 229 cm³/mol. The van der Waals surface area contributed by atoms with Crippen LogP contribution in [0, 0.1) is 0 Å². The number of hydrogen-bond donors (Lipinski definition) is 0. The van der Waals surface area contributed by atoms with Crippen LogP contribution in [-0.4, -0.2) is 19.5 Å². The van der Waals surface area contributed by atoms with E-state index in [1.54, 1.807) is 0 Å². The lowest BCUT2D eigenvalue weighted by molar-refractivity contribution is 0.669. The van der Waals surface area contributed by atoms with Gasteiger partial charge in [0.05, 0.1) is 11.0 Å². The first-order valence-corrected chi connectivity index (χ1v) is 18.9. The molecule has 0 atom stereocenters. The van der Waals surface area contributed by atoms with Gasteiger partial charge in [0.15, 0.2) is 17.5 Å². The zero-order valence-electron chi connectivity index (χ0n) is 29.9. The van der Waals surface area contributed by atoms with Crippen LogP contribution in [0.5, 0.6) is 0 Å². The van der Waals surface area contributed by atoms with Crippen molar-refractivity contribution >= 4 is 76.1 Å². The average molecular weight is 713 g/mol. The summed E-state index contributed by atoms with van der Waals surface area (Å²) in [7, 11) is 0. The third-order valence-electron chi connectivity index (χ3n) is 11.7. The minimum atomic E-state index is 0.630. The average Bonchev–Trinajstić information content (AvgIpc) is 3.78. The molecule has 5 heteroatoms. The van der Waals surface area contributed by atoms with Crippen LogP contribution >= 0.6 is 0 Å². The molecular formula is C51H28N4O. The summed E-state index contributed by atoms with van der Waals surface area (Å²) in [5.41, 5.74) is 10.6. The number of nitrogens with zero attached hydrogens (tertiary/aromatic N) is 4. The molecule has 12 aromatic rings. The van der Waals surface area contributed by atoms with E-state index in [1.807, 2.05) is 0 Å². The van der Waals surface area contributed by atoms with Gasteiger partial charge in [-0.05, 0) is 92.7 Å². The third kappa shape index (κ3) is 4.06. The van der Waals surface area contributed by atoms with Gasteiger partial charge in [-0.2, -0.15) is 0 Å². The second-order valence-electron chi connectivity index (χ2n) is 14.8. The van der Waals surface area contributed by atoms with Crippen LogP contribution in [0.2, 0.25) is 0 Å². The Morgan fingerprint density at radius 1 is 0.357 bits per heavy atom. The van der Waals surface area contributed by atoms with Gasteiger partial charge < -0.3 is 8.98 Å². The molecule has 0 bridgehead atoms. The molecule has 5 nitrogen and oxygen atoms in total. The Balaban J connectivity index is 1.02. The van der Waals surface area contributed by atoms with Crippen LogP contribution in [0.3, 0.4) is 0 Å². The highest BCUT2D eigenvalue weighted by atomic mass is 16.3. The van der Waals surface area contributed by atoms with Crippen molar-refractivity contribution in [2.24, 2.45) is 0 Å². The summed E-state index contributed by atoms with van der Waals surface area (Å²) in [4.78, 5) is 15.4. The molecular weight excluding hydrogens is 685 g/mol. The van der Waals surface area contributed by atoms with E-state index in [0.717, 1.165) is 49.7 Å². The van der Waals surface area contributed by atoms with Crippen LogP contribution in [0.25, 0.3) is 127 Å². The van der Waals surface area contributed by atoms with Gasteiger partial charge in [-0.3, -0.25) is 0 Å². The van der Waals surface area contributed by atoms with Crippen LogP contribution in [0.1, 0.15) is 0 Å². The summed E-state index contributed by atoms with van der Waals surface area (Å²) in [6, 6.07) is 60.1. The van der Waals surface area contributed by atoms with E-state index in [9.17, 15) is 0 Å². The van der Waals surface area contributed by atoms with Crippen molar-refractivity contribution < 1.29 is 4.42 Å². The van der Waals surface area contributed by atoms with Gasteiger partial charge >= 0.3 is 0 Å². The lowest BCUT2D eigenvalue weighted by atomic mass is 9.98. The van der Waals surface area contributed by atoms with Crippen molar-refractivity contribution in [3.8, 4) is 51.0 Å². The van der Waals surface area contributed by atoms with Gasteiger partial charge in [0.2, 0.25) is 0 Å². The highest BCUT2D eigenvalue weighted by Crippen LogP contribution is 2.50. The summed E-state index contributed by atoms with van der Waals surface area (Å²) in [6.07, 6.45) is 0. The molecule has 13 rings (SSSR count). The molecule has 0 saturated heterocycles. The van der Waals surface area contributed by atoms with E-state index in [4.69, 9.17) is 19.4 Å². The maximum absolute atomic E-state index is 6.45. The number of hydrogen-bond acceptors (Lipinski definition) is 4. The first kappa shape index (κ1) is 29.8. The minimum Gasteiger partial charge on any atom is -0.456 e. The van der Waals surface area contributed by atoms with Gasteiger partial charge in [-0.15, -0.1) is 0 Å². The van der Waals surface area contributed by atoms with E-state index in [-0.39, 0.29) is 0 Å². The summed E-state index contributed by atoms with van der Waals surface area (Å²) in [5.74, 6) is 1.92. The standard InChI is InChI=1S/C51H28N4O/c1-2-10-33-28-34(19-18-29(33)8-1)50-52-49(53-51(54-50)39-15-5-11-30-9-3-4-12-36(30)39)32-20-24-35(25-21-32)55-40-16-6-13-37-38-14-7-17-42-46(38)48-43(56-42)27-23-31-22-26-41(55)47(44(31)48)45(37)40/h1-28H. The number of aromatic nitrogens is 4. The van der Waals surface area contributed by atoms with Crippen LogP contribution in [-0.2, 0) is 0 Å². The molecule has 56 heavy (non-hydrogen) atoms. The molecule has 0 unspecified atom stereocenters. The van der Waals surface area contributed by atoms with Gasteiger partial charge in [0.25, 0.3) is 0 Å². The number of furan rings is 1. The van der Waals surface area contributed by atoms with Crippen molar-refractivity contribution in [1.82, 2.24) is 19.5 Å². The molecule has 3 aromatic heterocycles. The number of benzene rings is 9. The number of fused-ring (bicyclic) bond motifs is 3. The second kappa shape index (κ2) is 11.0. The molecule has 0 amide bonds. The summed E-state index contributed by atoms with van der Waals surface area (Å²) < 4.78 is 8.85. The third-order valence-corrected chi connectivity index (χ3v) is 11.7. The van der Waals surface area contributed by atoms with Gasteiger partial charge in [-0.25, -0.2) is 15.0 Å². The van der Waals surface area contributed by atoms with Crippen molar-refractivity contribution in [2.45, 2.75) is 0 Å². The fourth-order valence-corrected chi connectivity index (χ4v) is 9.26.